The molecule has 0 saturated heterocycles. The van der Waals surface area contributed by atoms with Gasteiger partial charge in [0.25, 0.3) is 0 Å². The highest BCUT2D eigenvalue weighted by Crippen LogP contribution is 2.08. The van der Waals surface area contributed by atoms with Crippen LogP contribution in [0.2, 0.25) is 0 Å². The molecule has 2 atom stereocenters. The van der Waals surface area contributed by atoms with Gasteiger partial charge in [0, 0.05) is 0 Å². The lowest BCUT2D eigenvalue weighted by molar-refractivity contribution is -0.873. The van der Waals surface area contributed by atoms with E-state index < -0.39 is 24.1 Å². The van der Waals surface area contributed by atoms with Crippen molar-refractivity contribution >= 4 is 11.9 Å². The van der Waals surface area contributed by atoms with Crippen molar-refractivity contribution in [2.45, 2.75) is 57.7 Å². The number of carbonyl (C=O) groups is 2. The van der Waals surface area contributed by atoms with E-state index in [0.717, 1.165) is 6.42 Å². The fourth-order valence-corrected chi connectivity index (χ4v) is 2.43. The minimum atomic E-state index is -1.02. The lowest BCUT2D eigenvalue weighted by Gasteiger charge is -2.28. The Balaban J connectivity index is 4.31. The van der Waals surface area contributed by atoms with Crippen LogP contribution in [0.1, 0.15) is 45.4 Å². The molecular formula is C21H36NO5+. The zero-order valence-corrected chi connectivity index (χ0v) is 17.1. The number of carboxylic acids is 1. The first-order chi connectivity index (χ1) is 12.6. The fraction of sp³-hybridized carbons (Fsp3) is 0.619. The number of aliphatic hydroxyl groups is 1. The number of hydrogen-bond donors (Lipinski definition) is 2. The molecule has 2 N–H and O–H groups in total. The Morgan fingerprint density at radius 1 is 1.04 bits per heavy atom. The molecule has 0 bridgehead atoms. The first-order valence-corrected chi connectivity index (χ1v) is 9.53. The second kappa shape index (κ2) is 14.2. The number of nitrogens with zero attached hydrogens (tertiary/aromatic N) is 1. The van der Waals surface area contributed by atoms with Crippen LogP contribution < -0.4 is 0 Å². The summed E-state index contributed by atoms with van der Waals surface area (Å²) in [6.07, 6.45) is 13.5. The lowest BCUT2D eigenvalue weighted by atomic mass is 10.2. The number of unbranched alkanes of at least 4 members (excludes halogenated alkanes) is 3. The van der Waals surface area contributed by atoms with Gasteiger partial charge in [-0.15, -0.1) is 0 Å². The zero-order valence-electron chi connectivity index (χ0n) is 17.1. The summed E-state index contributed by atoms with van der Waals surface area (Å²) < 4.78 is 5.72. The van der Waals surface area contributed by atoms with Gasteiger partial charge in [0.15, 0.2) is 6.10 Å². The van der Waals surface area contributed by atoms with Gasteiger partial charge in [0.05, 0.1) is 40.1 Å². The van der Waals surface area contributed by atoms with Gasteiger partial charge in [0.1, 0.15) is 6.54 Å². The molecule has 0 radical (unpaired) electrons. The smallest absolute Gasteiger partial charge is 0.309 e. The van der Waals surface area contributed by atoms with E-state index in [4.69, 9.17) is 9.84 Å². The predicted molar refractivity (Wildman–Crippen MR) is 107 cm³/mol. The van der Waals surface area contributed by atoms with Gasteiger partial charge in [-0.25, -0.2) is 0 Å². The summed E-state index contributed by atoms with van der Waals surface area (Å²) in [7, 11) is 5.68. The van der Waals surface area contributed by atoms with E-state index in [-0.39, 0.29) is 12.8 Å². The van der Waals surface area contributed by atoms with Gasteiger partial charge in [-0.2, -0.15) is 0 Å². The van der Waals surface area contributed by atoms with Crippen LogP contribution in [0, 0.1) is 0 Å². The van der Waals surface area contributed by atoms with Gasteiger partial charge in [0.2, 0.25) is 0 Å². The molecule has 27 heavy (non-hydrogen) atoms. The molecule has 0 aromatic carbocycles. The van der Waals surface area contributed by atoms with Crippen molar-refractivity contribution in [1.29, 1.82) is 0 Å². The van der Waals surface area contributed by atoms with E-state index in [2.05, 4.69) is 13.0 Å². The molecule has 0 aromatic rings. The monoisotopic (exact) mass is 382 g/mol. The maximum absolute atomic E-state index is 11.9. The Bertz CT molecular complexity index is 517. The molecule has 0 aromatic heterocycles. The number of ether oxygens (including phenoxy) is 1. The maximum atomic E-state index is 11.9. The van der Waals surface area contributed by atoms with Crippen molar-refractivity contribution in [1.82, 2.24) is 0 Å². The van der Waals surface area contributed by atoms with Crippen LogP contribution in [-0.2, 0) is 14.3 Å². The second-order valence-electron chi connectivity index (χ2n) is 7.65. The Morgan fingerprint density at radius 2 is 1.70 bits per heavy atom. The standard InChI is InChI=1S/C21H35NO5/c1-5-6-7-8-9-10-11-12-13-14-18(23)15-21(26)27-19(16-20(24)25)17-22(2,3)4/h9-14,18-19,23H,5-8,15-17H2,1-4H3/p+1/b10-9+,12-11+,14-13+. The largest absolute Gasteiger partial charge is 0.481 e. The summed E-state index contributed by atoms with van der Waals surface area (Å²) in [5, 5.41) is 18.8. The minimum Gasteiger partial charge on any atom is -0.481 e. The quantitative estimate of drug-likeness (QED) is 0.209. The Kier molecular flexibility index (Phi) is 13.2. The molecular weight excluding hydrogens is 346 g/mol. The molecule has 0 amide bonds. The summed E-state index contributed by atoms with van der Waals surface area (Å²) in [4.78, 5) is 22.9. The molecule has 0 saturated carbocycles. The van der Waals surface area contributed by atoms with Crippen LogP contribution in [0.3, 0.4) is 0 Å². The molecule has 0 fully saturated rings. The van der Waals surface area contributed by atoms with Crippen molar-refractivity contribution in [3.05, 3.63) is 36.5 Å². The number of carbonyl (C=O) groups excluding carboxylic acids is 1. The molecule has 0 aliphatic heterocycles. The predicted octanol–water partition coefficient (Wildman–Crippen LogP) is 3.08. The first-order valence-electron chi connectivity index (χ1n) is 9.53. The summed E-state index contributed by atoms with van der Waals surface area (Å²) in [6.45, 7) is 2.56. The summed E-state index contributed by atoms with van der Waals surface area (Å²) in [5.74, 6) is -1.62. The van der Waals surface area contributed by atoms with E-state index in [0.29, 0.717) is 11.0 Å². The average Bonchev–Trinajstić information content (AvgIpc) is 2.50. The SMILES string of the molecule is CCCCC/C=C/C=C/C=C/C(O)CC(=O)OC(CC(=O)O)C[N+](C)(C)C. The van der Waals surface area contributed by atoms with Gasteiger partial charge < -0.3 is 19.4 Å². The third-order valence-corrected chi connectivity index (χ3v) is 3.60. The van der Waals surface area contributed by atoms with Crippen molar-refractivity contribution in [3.63, 3.8) is 0 Å². The Morgan fingerprint density at radius 3 is 2.30 bits per heavy atom. The fourth-order valence-electron chi connectivity index (χ4n) is 2.43. The third kappa shape index (κ3) is 17.3. The molecule has 0 aliphatic carbocycles. The van der Waals surface area contributed by atoms with Gasteiger partial charge in [-0.1, -0.05) is 56.2 Å². The van der Waals surface area contributed by atoms with Crippen molar-refractivity contribution in [2.75, 3.05) is 27.7 Å². The minimum absolute atomic E-state index is 0.204. The number of carboxylic acid groups (broad SMARTS) is 1. The number of aliphatic hydroxyl groups excluding tert-OH is 1. The van der Waals surface area contributed by atoms with Crippen molar-refractivity contribution in [2.24, 2.45) is 0 Å². The molecule has 6 heteroatoms. The number of esters is 1. The van der Waals surface area contributed by atoms with Crippen molar-refractivity contribution < 1.29 is 29.0 Å². The van der Waals surface area contributed by atoms with E-state index in [1.54, 1.807) is 12.2 Å². The number of allylic oxidation sites excluding steroid dienone is 5. The van der Waals surface area contributed by atoms with Crippen LogP contribution in [0.25, 0.3) is 0 Å². The van der Waals surface area contributed by atoms with E-state index in [1.807, 2.05) is 33.3 Å². The third-order valence-electron chi connectivity index (χ3n) is 3.60. The topological polar surface area (TPSA) is 83.8 Å². The molecule has 6 nitrogen and oxygen atoms in total. The second-order valence-corrected chi connectivity index (χ2v) is 7.65. The molecule has 0 heterocycles. The molecule has 2 unspecified atom stereocenters. The van der Waals surface area contributed by atoms with Gasteiger partial charge in [-0.05, 0) is 12.8 Å². The Labute approximate surface area is 163 Å². The number of likely N-dealkylation sites (N-methyl/N-ethyl adjacent to an activating group) is 1. The normalized spacial score (nSPS) is 14.9. The Hall–Kier alpha value is -1.92. The summed E-state index contributed by atoms with van der Waals surface area (Å²) >= 11 is 0. The molecule has 0 aliphatic rings. The van der Waals surface area contributed by atoms with Crippen molar-refractivity contribution in [3.8, 4) is 0 Å². The average molecular weight is 383 g/mol. The number of quaternary nitrogens is 1. The lowest BCUT2D eigenvalue weighted by Crippen LogP contribution is -2.44. The number of hydrogen-bond acceptors (Lipinski definition) is 4. The number of aliphatic carboxylic acids is 1. The van der Waals surface area contributed by atoms with Gasteiger partial charge in [-0.3, -0.25) is 9.59 Å². The van der Waals surface area contributed by atoms with E-state index in [1.165, 1.54) is 25.3 Å². The summed E-state index contributed by atoms with van der Waals surface area (Å²) in [6, 6.07) is 0. The zero-order chi connectivity index (χ0) is 20.7. The highest BCUT2D eigenvalue weighted by molar-refractivity contribution is 5.72. The molecule has 0 rings (SSSR count). The van der Waals surface area contributed by atoms with E-state index >= 15 is 0 Å². The summed E-state index contributed by atoms with van der Waals surface area (Å²) in [5.41, 5.74) is 0. The van der Waals surface area contributed by atoms with Crippen LogP contribution in [0.4, 0.5) is 0 Å². The van der Waals surface area contributed by atoms with Crippen LogP contribution in [0.15, 0.2) is 36.5 Å². The maximum Gasteiger partial charge on any atom is 0.309 e. The highest BCUT2D eigenvalue weighted by Gasteiger charge is 2.25. The molecule has 154 valence electrons. The van der Waals surface area contributed by atoms with Gasteiger partial charge >= 0.3 is 11.9 Å². The number of rotatable bonds is 14. The van der Waals surface area contributed by atoms with E-state index in [9.17, 15) is 14.7 Å². The van der Waals surface area contributed by atoms with Crippen LogP contribution in [0.5, 0.6) is 0 Å². The first kappa shape index (κ1) is 25.1. The highest BCUT2D eigenvalue weighted by atomic mass is 16.5. The van der Waals surface area contributed by atoms with Crippen LogP contribution in [-0.4, -0.2) is 66.5 Å². The van der Waals surface area contributed by atoms with Crippen LogP contribution >= 0.6 is 0 Å². The molecule has 0 spiro atoms.